The number of methoxy groups -OCH3 is 1. The number of rotatable bonds is 5. The van der Waals surface area contributed by atoms with Crippen molar-refractivity contribution in [3.63, 3.8) is 0 Å². The summed E-state index contributed by atoms with van der Waals surface area (Å²) in [5, 5.41) is 1.30. The Morgan fingerprint density at radius 2 is 1.90 bits per heavy atom. The van der Waals surface area contributed by atoms with Gasteiger partial charge < -0.3 is 4.74 Å². The van der Waals surface area contributed by atoms with Crippen LogP contribution >= 0.6 is 0 Å². The molecule has 0 saturated heterocycles. The van der Waals surface area contributed by atoms with Gasteiger partial charge in [0.1, 0.15) is 12.1 Å². The van der Waals surface area contributed by atoms with E-state index in [4.69, 9.17) is 4.74 Å². The van der Waals surface area contributed by atoms with E-state index in [2.05, 4.69) is 24.7 Å². The van der Waals surface area contributed by atoms with Crippen molar-refractivity contribution in [3.8, 4) is 17.1 Å². The number of hydrogen-bond acceptors (Lipinski definition) is 7. The van der Waals surface area contributed by atoms with E-state index in [1.165, 1.54) is 56.2 Å². The third-order valence-electron chi connectivity index (χ3n) is 4.14. The second kappa shape index (κ2) is 7.40. The van der Waals surface area contributed by atoms with Crippen molar-refractivity contribution in [1.29, 1.82) is 0 Å². The summed E-state index contributed by atoms with van der Waals surface area (Å²) >= 11 is 0. The van der Waals surface area contributed by atoms with Gasteiger partial charge in [-0.25, -0.2) is 18.4 Å². The molecule has 0 unspecified atom stereocenters. The highest BCUT2D eigenvalue weighted by Gasteiger charge is 2.18. The minimum atomic E-state index is -3.85. The van der Waals surface area contributed by atoms with Crippen LogP contribution in [0.1, 0.15) is 0 Å². The fourth-order valence-electron chi connectivity index (χ4n) is 2.84. The number of benzene rings is 1. The van der Waals surface area contributed by atoms with Crippen LogP contribution in [-0.4, -0.2) is 35.5 Å². The fourth-order valence-corrected chi connectivity index (χ4v) is 3.88. The van der Waals surface area contributed by atoms with Crippen molar-refractivity contribution in [2.45, 2.75) is 4.90 Å². The van der Waals surface area contributed by atoms with Gasteiger partial charge in [0.15, 0.2) is 0 Å². The number of fused-ring (bicyclic) bond motifs is 1. The van der Waals surface area contributed by atoms with Gasteiger partial charge in [-0.2, -0.15) is 9.37 Å². The maximum absolute atomic E-state index is 13.4. The number of pyridine rings is 2. The van der Waals surface area contributed by atoms with Crippen molar-refractivity contribution >= 4 is 26.6 Å². The molecule has 1 N–H and O–H groups in total. The number of halogens is 1. The molecule has 0 bridgehead atoms. The van der Waals surface area contributed by atoms with Crippen molar-refractivity contribution in [2.75, 3.05) is 11.8 Å². The third-order valence-corrected chi connectivity index (χ3v) is 5.49. The van der Waals surface area contributed by atoms with Crippen molar-refractivity contribution in [3.05, 3.63) is 67.1 Å². The first-order chi connectivity index (χ1) is 14.0. The third kappa shape index (κ3) is 3.69. The molecule has 0 saturated carbocycles. The predicted octanol–water partition coefficient (Wildman–Crippen LogP) is 3.04. The lowest BCUT2D eigenvalue weighted by Gasteiger charge is -2.11. The average Bonchev–Trinajstić information content (AvgIpc) is 2.73. The van der Waals surface area contributed by atoms with Crippen LogP contribution in [-0.2, 0) is 10.0 Å². The lowest BCUT2D eigenvalue weighted by molar-refractivity contribution is 0.389. The highest BCUT2D eigenvalue weighted by Crippen LogP contribution is 2.33. The summed E-state index contributed by atoms with van der Waals surface area (Å²) in [6, 6.07) is 10.5. The molecular formula is C19H14FN5O3S. The monoisotopic (exact) mass is 411 g/mol. The van der Waals surface area contributed by atoms with Crippen molar-refractivity contribution in [1.82, 2.24) is 19.9 Å². The Kier molecular flexibility index (Phi) is 4.77. The van der Waals surface area contributed by atoms with Crippen molar-refractivity contribution in [2.24, 2.45) is 0 Å². The normalized spacial score (nSPS) is 11.4. The van der Waals surface area contributed by atoms with Crippen LogP contribution in [0, 0.1) is 5.95 Å². The zero-order chi connectivity index (χ0) is 20.4. The number of sulfonamides is 1. The molecule has 146 valence electrons. The van der Waals surface area contributed by atoms with Gasteiger partial charge in [-0.1, -0.05) is 6.07 Å². The second-order valence-electron chi connectivity index (χ2n) is 5.93. The molecule has 4 aromatic rings. The maximum Gasteiger partial charge on any atom is 0.263 e. The smallest absolute Gasteiger partial charge is 0.263 e. The first kappa shape index (κ1) is 18.7. The Morgan fingerprint density at radius 1 is 1.03 bits per heavy atom. The SMILES string of the molecule is COc1nc(F)ccc1-c1nccc2cc(S(=O)(=O)Nc3ccncn3)ccc12. The molecule has 0 fully saturated rings. The van der Waals surface area contributed by atoms with Gasteiger partial charge in [-0.3, -0.25) is 9.71 Å². The number of nitrogens with zero attached hydrogens (tertiary/aromatic N) is 4. The average molecular weight is 411 g/mol. The maximum atomic E-state index is 13.4. The Bertz CT molecular complexity index is 1300. The molecule has 4 rings (SSSR count). The van der Waals surface area contributed by atoms with E-state index in [1.807, 2.05) is 0 Å². The number of aromatic nitrogens is 4. The minimum Gasteiger partial charge on any atom is -0.480 e. The molecule has 0 amide bonds. The van der Waals surface area contributed by atoms with Crippen LogP contribution in [0.3, 0.4) is 0 Å². The molecule has 0 radical (unpaired) electrons. The lowest BCUT2D eigenvalue weighted by atomic mass is 10.1. The van der Waals surface area contributed by atoms with Crippen LogP contribution in [0.5, 0.6) is 5.88 Å². The van der Waals surface area contributed by atoms with E-state index >= 15 is 0 Å². The van der Waals surface area contributed by atoms with Crippen molar-refractivity contribution < 1.29 is 17.5 Å². The van der Waals surface area contributed by atoms with Gasteiger partial charge in [0.25, 0.3) is 10.0 Å². The van der Waals surface area contributed by atoms with Gasteiger partial charge in [0.2, 0.25) is 11.8 Å². The summed E-state index contributed by atoms with van der Waals surface area (Å²) in [5.41, 5.74) is 0.994. The first-order valence-electron chi connectivity index (χ1n) is 8.36. The van der Waals surface area contributed by atoms with E-state index in [9.17, 15) is 12.8 Å². The lowest BCUT2D eigenvalue weighted by Crippen LogP contribution is -2.13. The van der Waals surface area contributed by atoms with E-state index < -0.39 is 16.0 Å². The van der Waals surface area contributed by atoms with E-state index in [1.54, 1.807) is 12.1 Å². The summed E-state index contributed by atoms with van der Waals surface area (Å²) in [5.74, 6) is -0.417. The second-order valence-corrected chi connectivity index (χ2v) is 7.62. The highest BCUT2D eigenvalue weighted by molar-refractivity contribution is 7.92. The number of anilines is 1. The number of nitrogens with one attached hydrogen (secondary N) is 1. The molecule has 1 aromatic carbocycles. The van der Waals surface area contributed by atoms with E-state index in [0.717, 1.165) is 0 Å². The molecule has 0 aliphatic heterocycles. The number of hydrogen-bond donors (Lipinski definition) is 1. The van der Waals surface area contributed by atoms with Gasteiger partial charge in [-0.15, -0.1) is 0 Å². The molecule has 3 aromatic heterocycles. The van der Waals surface area contributed by atoms with Crippen LogP contribution in [0.15, 0.2) is 66.1 Å². The topological polar surface area (TPSA) is 107 Å². The summed E-state index contributed by atoms with van der Waals surface area (Å²) in [6.45, 7) is 0. The molecule has 8 nitrogen and oxygen atoms in total. The molecule has 29 heavy (non-hydrogen) atoms. The molecular weight excluding hydrogens is 397 g/mol. The summed E-state index contributed by atoms with van der Waals surface area (Å²) < 4.78 is 46.4. The zero-order valence-corrected chi connectivity index (χ0v) is 15.9. The quantitative estimate of drug-likeness (QED) is 0.503. The molecule has 10 heteroatoms. The van der Waals surface area contributed by atoms with Crippen LogP contribution in [0.2, 0.25) is 0 Å². The Hall–Kier alpha value is -3.66. The number of ether oxygens (including phenoxy) is 1. The van der Waals surface area contributed by atoms with Crippen LogP contribution in [0.4, 0.5) is 10.2 Å². The van der Waals surface area contributed by atoms with Gasteiger partial charge in [-0.05, 0) is 41.8 Å². The highest BCUT2D eigenvalue weighted by atomic mass is 32.2. The Labute approximate surface area is 165 Å². The fraction of sp³-hybridized carbons (Fsp3) is 0.0526. The van der Waals surface area contributed by atoms with E-state index in [-0.39, 0.29) is 16.6 Å². The molecule has 3 heterocycles. The van der Waals surface area contributed by atoms with Crippen LogP contribution < -0.4 is 9.46 Å². The largest absolute Gasteiger partial charge is 0.480 e. The van der Waals surface area contributed by atoms with Gasteiger partial charge in [0, 0.05) is 17.8 Å². The Balaban J connectivity index is 1.79. The Morgan fingerprint density at radius 3 is 2.66 bits per heavy atom. The molecule has 0 aliphatic carbocycles. The summed E-state index contributed by atoms with van der Waals surface area (Å²) in [4.78, 5) is 15.8. The molecule has 0 spiro atoms. The standard InChI is InChI=1S/C19H14FN5O3S/c1-28-19-15(4-5-16(20)24-19)18-14-3-2-13(10-12(14)6-9-22-18)29(26,27)25-17-7-8-21-11-23-17/h2-11H,1H3,(H,21,23,25). The summed E-state index contributed by atoms with van der Waals surface area (Å²) in [6.07, 6.45) is 4.22. The predicted molar refractivity (Wildman–Crippen MR) is 104 cm³/mol. The molecule has 0 atom stereocenters. The van der Waals surface area contributed by atoms with Gasteiger partial charge >= 0.3 is 0 Å². The molecule has 0 aliphatic rings. The summed E-state index contributed by atoms with van der Waals surface area (Å²) in [7, 11) is -2.46. The first-order valence-corrected chi connectivity index (χ1v) is 9.85. The van der Waals surface area contributed by atoms with Gasteiger partial charge in [0.05, 0.1) is 23.3 Å². The van der Waals surface area contributed by atoms with E-state index in [0.29, 0.717) is 22.0 Å². The minimum absolute atomic E-state index is 0.0601. The zero-order valence-electron chi connectivity index (χ0n) is 15.1. The van der Waals surface area contributed by atoms with Crippen LogP contribution in [0.25, 0.3) is 22.0 Å².